The van der Waals surface area contributed by atoms with Gasteiger partial charge in [0.25, 0.3) is 5.91 Å². The van der Waals surface area contributed by atoms with E-state index >= 15 is 0 Å². The van der Waals surface area contributed by atoms with Crippen molar-refractivity contribution in [3.8, 4) is 5.69 Å². The Morgan fingerprint density at radius 1 is 1.00 bits per heavy atom. The summed E-state index contributed by atoms with van der Waals surface area (Å²) < 4.78 is 26.1. The second-order valence-corrected chi connectivity index (χ2v) is 10.2. The minimum Gasteiger partial charge on any atom is -0.306 e. The van der Waals surface area contributed by atoms with E-state index in [2.05, 4.69) is 10.4 Å². The molecule has 2 aromatic carbocycles. The molecule has 0 saturated carbocycles. The molecular formula is C23H25N3O3S. The third kappa shape index (κ3) is 3.43. The zero-order valence-corrected chi connectivity index (χ0v) is 18.6. The summed E-state index contributed by atoms with van der Waals surface area (Å²) in [6.45, 7) is 9.82. The van der Waals surface area contributed by atoms with Gasteiger partial charge in [-0.2, -0.15) is 5.10 Å². The Labute approximate surface area is 176 Å². The summed E-state index contributed by atoms with van der Waals surface area (Å²) in [6, 6.07) is 9.81. The highest BCUT2D eigenvalue weighted by Crippen LogP contribution is 2.34. The molecule has 0 aliphatic carbocycles. The van der Waals surface area contributed by atoms with Gasteiger partial charge >= 0.3 is 0 Å². The lowest BCUT2D eigenvalue weighted by Gasteiger charge is -2.16. The Morgan fingerprint density at radius 3 is 2.33 bits per heavy atom. The van der Waals surface area contributed by atoms with Gasteiger partial charge in [-0.05, 0) is 62.9 Å². The Morgan fingerprint density at radius 2 is 1.67 bits per heavy atom. The molecule has 0 atom stereocenters. The summed E-state index contributed by atoms with van der Waals surface area (Å²) in [5.41, 5.74) is 7.49. The van der Waals surface area contributed by atoms with Crippen LogP contribution in [0.3, 0.4) is 0 Å². The molecule has 1 N–H and O–H groups in total. The standard InChI is InChI=1S/C23H25N3O3S/c1-13-9-15(3)21(16(4)10-13)23(27)24-22-18-11-30(28,29)12-19(18)25-26(22)20-8-6-7-14(2)17(20)5/h6-10H,11-12H2,1-5H3,(H,24,27). The maximum atomic E-state index is 13.3. The molecule has 2 heterocycles. The van der Waals surface area contributed by atoms with E-state index in [0.717, 1.165) is 33.5 Å². The highest BCUT2D eigenvalue weighted by atomic mass is 32.2. The molecule has 6 nitrogen and oxygen atoms in total. The van der Waals surface area contributed by atoms with Crippen molar-refractivity contribution < 1.29 is 13.2 Å². The number of sulfone groups is 1. The predicted octanol–water partition coefficient (Wildman–Crippen LogP) is 4.10. The molecule has 1 aromatic heterocycles. The van der Waals surface area contributed by atoms with Crippen LogP contribution in [0.1, 0.15) is 49.4 Å². The zero-order chi connectivity index (χ0) is 21.8. The number of aryl methyl sites for hydroxylation is 4. The van der Waals surface area contributed by atoms with E-state index < -0.39 is 9.84 Å². The van der Waals surface area contributed by atoms with Crippen molar-refractivity contribution in [2.75, 3.05) is 5.32 Å². The van der Waals surface area contributed by atoms with Crippen molar-refractivity contribution >= 4 is 21.6 Å². The smallest absolute Gasteiger partial charge is 0.257 e. The lowest BCUT2D eigenvalue weighted by atomic mass is 9.99. The van der Waals surface area contributed by atoms with E-state index in [4.69, 9.17) is 0 Å². The number of aromatic nitrogens is 2. The molecule has 3 aromatic rings. The SMILES string of the molecule is Cc1cc(C)c(C(=O)Nc2c3c(nn2-c2cccc(C)c2C)CS(=O)(=O)C3)c(C)c1. The number of amides is 1. The van der Waals surface area contributed by atoms with Crippen molar-refractivity contribution in [3.05, 3.63) is 75.0 Å². The highest BCUT2D eigenvalue weighted by molar-refractivity contribution is 7.90. The summed E-state index contributed by atoms with van der Waals surface area (Å²) in [5, 5.41) is 7.58. The minimum atomic E-state index is -3.25. The van der Waals surface area contributed by atoms with Gasteiger partial charge in [0.15, 0.2) is 9.84 Å². The first-order valence-corrected chi connectivity index (χ1v) is 11.7. The monoisotopic (exact) mass is 423 g/mol. The van der Waals surface area contributed by atoms with E-state index in [-0.39, 0.29) is 17.4 Å². The Hall–Kier alpha value is -2.93. The van der Waals surface area contributed by atoms with Crippen molar-refractivity contribution in [3.63, 3.8) is 0 Å². The maximum absolute atomic E-state index is 13.3. The number of anilines is 1. The average molecular weight is 424 g/mol. The Kier molecular flexibility index (Phi) is 4.81. The maximum Gasteiger partial charge on any atom is 0.257 e. The van der Waals surface area contributed by atoms with Crippen LogP contribution < -0.4 is 5.32 Å². The number of nitrogens with zero attached hydrogens (tertiary/aromatic N) is 2. The van der Waals surface area contributed by atoms with Crippen LogP contribution in [0.2, 0.25) is 0 Å². The van der Waals surface area contributed by atoms with Gasteiger partial charge in [0, 0.05) is 11.1 Å². The Balaban J connectivity index is 1.85. The second kappa shape index (κ2) is 7.09. The first-order valence-electron chi connectivity index (χ1n) is 9.84. The van der Waals surface area contributed by atoms with Crippen LogP contribution >= 0.6 is 0 Å². The molecular weight excluding hydrogens is 398 g/mol. The molecule has 4 rings (SSSR count). The Bertz CT molecular complexity index is 1280. The number of carbonyl (C=O) groups excluding carboxylic acids is 1. The first kappa shape index (κ1) is 20.3. The molecule has 7 heteroatoms. The third-order valence-corrected chi connectivity index (χ3v) is 7.17. The van der Waals surface area contributed by atoms with Gasteiger partial charge in [-0.25, -0.2) is 13.1 Å². The fourth-order valence-electron chi connectivity index (χ4n) is 4.22. The molecule has 0 spiro atoms. The molecule has 1 aliphatic rings. The van der Waals surface area contributed by atoms with Crippen molar-refractivity contribution in [2.45, 2.75) is 46.1 Å². The van der Waals surface area contributed by atoms with Gasteiger partial charge in [0.2, 0.25) is 0 Å². The highest BCUT2D eigenvalue weighted by Gasteiger charge is 2.33. The van der Waals surface area contributed by atoms with Crippen LogP contribution in [-0.4, -0.2) is 24.1 Å². The van der Waals surface area contributed by atoms with Crippen molar-refractivity contribution in [2.24, 2.45) is 0 Å². The summed E-state index contributed by atoms with van der Waals surface area (Å²) in [4.78, 5) is 13.3. The lowest BCUT2D eigenvalue weighted by Crippen LogP contribution is -2.19. The molecule has 0 fully saturated rings. The van der Waals surface area contributed by atoms with Crippen LogP contribution in [0.4, 0.5) is 5.82 Å². The molecule has 1 aliphatic heterocycles. The van der Waals surface area contributed by atoms with Gasteiger partial charge < -0.3 is 5.32 Å². The molecule has 0 saturated heterocycles. The molecule has 0 bridgehead atoms. The molecule has 0 radical (unpaired) electrons. The van der Waals surface area contributed by atoms with Crippen molar-refractivity contribution in [1.29, 1.82) is 0 Å². The van der Waals surface area contributed by atoms with Crippen LogP contribution in [0, 0.1) is 34.6 Å². The van der Waals surface area contributed by atoms with E-state index in [1.165, 1.54) is 0 Å². The van der Waals surface area contributed by atoms with E-state index in [9.17, 15) is 13.2 Å². The van der Waals surface area contributed by atoms with Crippen LogP contribution in [0.5, 0.6) is 0 Å². The summed E-state index contributed by atoms with van der Waals surface area (Å²) in [5.74, 6) is -0.0481. The number of nitrogens with one attached hydrogen (secondary N) is 1. The molecule has 0 unspecified atom stereocenters. The van der Waals surface area contributed by atoms with E-state index in [0.29, 0.717) is 22.6 Å². The fraction of sp³-hybridized carbons (Fsp3) is 0.304. The number of rotatable bonds is 3. The number of hydrogen-bond donors (Lipinski definition) is 1. The summed E-state index contributed by atoms with van der Waals surface area (Å²) in [6.07, 6.45) is 0. The largest absolute Gasteiger partial charge is 0.306 e. The van der Waals surface area contributed by atoms with Crippen LogP contribution in [-0.2, 0) is 21.3 Å². The second-order valence-electron chi connectivity index (χ2n) is 8.16. The van der Waals surface area contributed by atoms with E-state index in [1.807, 2.05) is 65.0 Å². The molecule has 1 amide bonds. The fourth-order valence-corrected chi connectivity index (χ4v) is 5.71. The normalized spacial score (nSPS) is 14.6. The number of hydrogen-bond acceptors (Lipinski definition) is 4. The van der Waals surface area contributed by atoms with Crippen molar-refractivity contribution in [1.82, 2.24) is 9.78 Å². The third-order valence-electron chi connectivity index (χ3n) is 5.73. The average Bonchev–Trinajstić information content (AvgIpc) is 3.09. The number of benzene rings is 2. The van der Waals surface area contributed by atoms with Crippen LogP contribution in [0.15, 0.2) is 30.3 Å². The van der Waals surface area contributed by atoms with Gasteiger partial charge in [0.1, 0.15) is 5.82 Å². The summed E-state index contributed by atoms with van der Waals surface area (Å²) >= 11 is 0. The minimum absolute atomic E-state index is 0.106. The predicted molar refractivity (Wildman–Crippen MR) is 118 cm³/mol. The van der Waals surface area contributed by atoms with E-state index in [1.54, 1.807) is 4.68 Å². The lowest BCUT2D eigenvalue weighted by molar-refractivity contribution is 0.102. The number of fused-ring (bicyclic) bond motifs is 1. The quantitative estimate of drug-likeness (QED) is 0.688. The van der Waals surface area contributed by atoms with Crippen LogP contribution in [0.25, 0.3) is 5.69 Å². The summed E-state index contributed by atoms with van der Waals surface area (Å²) in [7, 11) is -3.25. The molecule has 156 valence electrons. The van der Waals surface area contributed by atoms with Gasteiger partial charge in [-0.3, -0.25) is 4.79 Å². The van der Waals surface area contributed by atoms with Gasteiger partial charge in [0.05, 0.1) is 22.9 Å². The van der Waals surface area contributed by atoms with Gasteiger partial charge in [-0.1, -0.05) is 29.8 Å². The number of carbonyl (C=O) groups is 1. The van der Waals surface area contributed by atoms with Gasteiger partial charge in [-0.15, -0.1) is 0 Å². The topological polar surface area (TPSA) is 81.1 Å². The zero-order valence-electron chi connectivity index (χ0n) is 17.8. The molecule has 30 heavy (non-hydrogen) atoms. The first-order chi connectivity index (χ1) is 14.1.